The van der Waals surface area contributed by atoms with Crippen molar-refractivity contribution < 1.29 is 8.85 Å². The monoisotopic (exact) mass is 322 g/mol. The Morgan fingerprint density at radius 3 is 1.45 bits per heavy atom. The largest absolute Gasteiger partial charge is 0.421 e. The van der Waals surface area contributed by atoms with E-state index >= 15 is 0 Å². The molecule has 0 radical (unpaired) electrons. The van der Waals surface area contributed by atoms with Crippen LogP contribution in [0.1, 0.15) is 52.9 Å². The second-order valence-electron chi connectivity index (χ2n) is 6.80. The van der Waals surface area contributed by atoms with E-state index < -0.39 is 16.6 Å². The molecule has 0 aromatic rings. The van der Waals surface area contributed by atoms with Crippen molar-refractivity contribution in [2.75, 3.05) is 14.2 Å². The predicted molar refractivity (Wildman–Crippen MR) is 99.8 cm³/mol. The summed E-state index contributed by atoms with van der Waals surface area (Å²) >= 11 is 0. The highest BCUT2D eigenvalue weighted by molar-refractivity contribution is 6.71. The van der Waals surface area contributed by atoms with Crippen molar-refractivity contribution in [2.24, 2.45) is 0 Å². The molecule has 0 amide bonds. The molecule has 0 heterocycles. The minimum Gasteiger partial charge on any atom is -0.421 e. The fraction of sp³-hybridized carbons (Fsp3) is 1.00. The second kappa shape index (κ2) is 14.3. The van der Waals surface area contributed by atoms with Gasteiger partial charge in [0.1, 0.15) is 0 Å². The summed E-state index contributed by atoms with van der Waals surface area (Å²) in [5, 5.41) is 0. The SMILES string of the molecule is C.CCCCCCCC[Si](C)(C)OC.CO[Si](C)(C)C. The Bertz CT molecular complexity index is 189. The average Bonchev–Trinajstić information content (AvgIpc) is 2.33. The maximum absolute atomic E-state index is 5.50. The van der Waals surface area contributed by atoms with Crippen LogP contribution in [-0.4, -0.2) is 30.9 Å². The van der Waals surface area contributed by atoms with Crippen LogP contribution in [0.4, 0.5) is 0 Å². The Hall–Kier alpha value is 0.354. The lowest BCUT2D eigenvalue weighted by molar-refractivity contribution is 0.400. The zero-order valence-corrected chi connectivity index (χ0v) is 16.8. The Morgan fingerprint density at radius 1 is 0.700 bits per heavy atom. The van der Waals surface area contributed by atoms with Crippen molar-refractivity contribution in [3.8, 4) is 0 Å². The Balaban J connectivity index is -0.000000352. The van der Waals surface area contributed by atoms with E-state index in [2.05, 4.69) is 39.7 Å². The van der Waals surface area contributed by atoms with Crippen molar-refractivity contribution >= 4 is 16.6 Å². The van der Waals surface area contributed by atoms with Crippen LogP contribution in [0, 0.1) is 0 Å². The number of unbranched alkanes of at least 4 members (excludes halogenated alkanes) is 5. The predicted octanol–water partition coefficient (Wildman–Crippen LogP) is 6.30. The molecule has 0 bridgehead atoms. The number of hydrogen-bond acceptors (Lipinski definition) is 2. The van der Waals surface area contributed by atoms with Gasteiger partial charge in [-0.05, 0) is 38.8 Å². The van der Waals surface area contributed by atoms with Crippen LogP contribution >= 0.6 is 0 Å². The third-order valence-corrected chi connectivity index (χ3v) is 7.18. The lowest BCUT2D eigenvalue weighted by atomic mass is 10.1. The smallest absolute Gasteiger partial charge is 0.186 e. The van der Waals surface area contributed by atoms with Gasteiger partial charge in [-0.2, -0.15) is 0 Å². The quantitative estimate of drug-likeness (QED) is 0.366. The van der Waals surface area contributed by atoms with Gasteiger partial charge >= 0.3 is 0 Å². The molecule has 0 aromatic heterocycles. The van der Waals surface area contributed by atoms with Crippen LogP contribution in [-0.2, 0) is 8.85 Å². The molecule has 0 aliphatic rings. The van der Waals surface area contributed by atoms with Gasteiger partial charge in [0.2, 0.25) is 0 Å². The summed E-state index contributed by atoms with van der Waals surface area (Å²) in [6, 6.07) is 1.33. The molecule has 0 aliphatic carbocycles. The molecular formula is C16H42O2Si2. The Morgan fingerprint density at radius 2 is 1.10 bits per heavy atom. The Kier molecular flexibility index (Phi) is 18.1. The summed E-state index contributed by atoms with van der Waals surface area (Å²) in [6.45, 7) is 13.4. The lowest BCUT2D eigenvalue weighted by Crippen LogP contribution is -2.27. The van der Waals surface area contributed by atoms with Gasteiger partial charge in [0, 0.05) is 14.2 Å². The van der Waals surface area contributed by atoms with Gasteiger partial charge < -0.3 is 8.85 Å². The maximum Gasteiger partial charge on any atom is 0.186 e. The van der Waals surface area contributed by atoms with Crippen LogP contribution in [0.5, 0.6) is 0 Å². The van der Waals surface area contributed by atoms with E-state index in [1.165, 1.54) is 44.6 Å². The second-order valence-corrected chi connectivity index (χ2v) is 15.9. The van der Waals surface area contributed by atoms with Crippen LogP contribution < -0.4 is 0 Å². The molecule has 0 saturated carbocycles. The van der Waals surface area contributed by atoms with E-state index in [9.17, 15) is 0 Å². The van der Waals surface area contributed by atoms with E-state index in [0.29, 0.717) is 0 Å². The van der Waals surface area contributed by atoms with Crippen LogP contribution in [0.2, 0.25) is 38.8 Å². The first kappa shape index (κ1) is 25.3. The van der Waals surface area contributed by atoms with E-state index in [1.807, 2.05) is 7.11 Å². The zero-order valence-electron chi connectivity index (χ0n) is 14.8. The third kappa shape index (κ3) is 23.4. The molecule has 0 N–H and O–H groups in total. The lowest BCUT2D eigenvalue weighted by Gasteiger charge is -2.19. The summed E-state index contributed by atoms with van der Waals surface area (Å²) in [5.74, 6) is 0. The molecule has 126 valence electrons. The molecule has 0 rings (SSSR count). The standard InChI is InChI=1S/C11H26OSi.C4H12OSi.CH4/c1-5-6-7-8-9-10-11-13(3,4)12-2;1-5-6(2,3)4;/h5-11H2,1-4H3;1-4H3;1H4. The van der Waals surface area contributed by atoms with Gasteiger partial charge in [0.25, 0.3) is 0 Å². The summed E-state index contributed by atoms with van der Waals surface area (Å²) in [6.07, 6.45) is 8.37. The summed E-state index contributed by atoms with van der Waals surface area (Å²) in [7, 11) is 1.26. The van der Waals surface area contributed by atoms with Gasteiger partial charge in [0.05, 0.1) is 0 Å². The van der Waals surface area contributed by atoms with Crippen molar-refractivity contribution in [1.82, 2.24) is 0 Å². The van der Waals surface area contributed by atoms with Crippen LogP contribution in [0.25, 0.3) is 0 Å². The van der Waals surface area contributed by atoms with Crippen molar-refractivity contribution in [2.45, 2.75) is 91.7 Å². The van der Waals surface area contributed by atoms with Gasteiger partial charge in [-0.1, -0.05) is 52.9 Å². The highest BCUT2D eigenvalue weighted by Gasteiger charge is 2.18. The highest BCUT2D eigenvalue weighted by atomic mass is 28.4. The fourth-order valence-corrected chi connectivity index (χ4v) is 2.74. The van der Waals surface area contributed by atoms with E-state index in [-0.39, 0.29) is 7.43 Å². The van der Waals surface area contributed by atoms with E-state index in [1.54, 1.807) is 7.11 Å². The molecule has 0 saturated heterocycles. The molecule has 0 atom stereocenters. The van der Waals surface area contributed by atoms with Crippen molar-refractivity contribution in [3.05, 3.63) is 0 Å². The van der Waals surface area contributed by atoms with Crippen molar-refractivity contribution in [3.63, 3.8) is 0 Å². The molecule has 20 heavy (non-hydrogen) atoms. The summed E-state index contributed by atoms with van der Waals surface area (Å²) < 4.78 is 10.6. The highest BCUT2D eigenvalue weighted by Crippen LogP contribution is 2.16. The summed E-state index contributed by atoms with van der Waals surface area (Å²) in [5.41, 5.74) is 0. The zero-order chi connectivity index (χ0) is 15.4. The molecule has 0 aromatic carbocycles. The average molecular weight is 323 g/mol. The summed E-state index contributed by atoms with van der Waals surface area (Å²) in [4.78, 5) is 0. The fourth-order valence-electron chi connectivity index (χ4n) is 1.43. The molecule has 4 heteroatoms. The normalized spacial score (nSPS) is 11.4. The minimum absolute atomic E-state index is 0. The van der Waals surface area contributed by atoms with E-state index in [4.69, 9.17) is 8.85 Å². The first-order chi connectivity index (χ1) is 8.68. The first-order valence-electron chi connectivity index (χ1n) is 7.79. The maximum atomic E-state index is 5.50. The van der Waals surface area contributed by atoms with Crippen LogP contribution in [0.15, 0.2) is 0 Å². The van der Waals surface area contributed by atoms with Gasteiger partial charge in [-0.25, -0.2) is 0 Å². The molecular weight excluding hydrogens is 280 g/mol. The topological polar surface area (TPSA) is 18.5 Å². The molecule has 0 unspecified atom stereocenters. The number of hydrogen-bond donors (Lipinski definition) is 0. The molecule has 0 fully saturated rings. The minimum atomic E-state index is -1.25. The van der Waals surface area contributed by atoms with Gasteiger partial charge in [-0.3, -0.25) is 0 Å². The molecule has 0 spiro atoms. The third-order valence-electron chi connectivity index (χ3n) is 3.30. The number of rotatable bonds is 9. The van der Waals surface area contributed by atoms with E-state index in [0.717, 1.165) is 0 Å². The first-order valence-corrected chi connectivity index (χ1v) is 14.3. The van der Waals surface area contributed by atoms with Gasteiger partial charge in [0.15, 0.2) is 16.6 Å². The molecule has 0 aliphatic heterocycles. The van der Waals surface area contributed by atoms with Crippen LogP contribution in [0.3, 0.4) is 0 Å². The van der Waals surface area contributed by atoms with Crippen molar-refractivity contribution in [1.29, 1.82) is 0 Å². The Labute approximate surface area is 131 Å². The molecule has 2 nitrogen and oxygen atoms in total. The van der Waals surface area contributed by atoms with Gasteiger partial charge in [-0.15, -0.1) is 0 Å².